The lowest BCUT2D eigenvalue weighted by Gasteiger charge is -2.23. The number of nitrogens with two attached hydrogens (primary N) is 1. The van der Waals surface area contributed by atoms with Gasteiger partial charge in [-0.2, -0.15) is 8.78 Å². The van der Waals surface area contributed by atoms with E-state index in [-0.39, 0.29) is 19.0 Å². The Labute approximate surface area is 120 Å². The number of aromatic hydroxyl groups is 1. The smallest absolute Gasteiger partial charge is 0.379 e. The molecule has 0 bridgehead atoms. The largest absolute Gasteiger partial charge is 0.505 e. The van der Waals surface area contributed by atoms with Gasteiger partial charge in [-0.1, -0.05) is 6.07 Å². The van der Waals surface area contributed by atoms with E-state index in [1.807, 2.05) is 0 Å². The average molecular weight is 314 g/mol. The molecule has 8 heteroatoms. The van der Waals surface area contributed by atoms with Crippen LogP contribution in [0, 0.1) is 12.7 Å². The monoisotopic (exact) mass is 313 g/mol. The molecule has 20 heavy (non-hydrogen) atoms. The third-order valence-corrected chi connectivity index (χ3v) is 2.51. The highest BCUT2D eigenvalue weighted by molar-refractivity contribution is 5.85. The molecule has 4 nitrogen and oxygen atoms in total. The SMILES string of the molecule is CCOC(=O)C(F)(F)[C@H](N)c1cc(C)cc(F)c1O.Cl. The lowest BCUT2D eigenvalue weighted by Crippen LogP contribution is -2.41. The van der Waals surface area contributed by atoms with Gasteiger partial charge in [0.1, 0.15) is 6.04 Å². The van der Waals surface area contributed by atoms with Gasteiger partial charge in [0.2, 0.25) is 0 Å². The maximum absolute atomic E-state index is 13.7. The molecule has 0 unspecified atom stereocenters. The van der Waals surface area contributed by atoms with Gasteiger partial charge in [-0.05, 0) is 25.5 Å². The van der Waals surface area contributed by atoms with Crippen molar-refractivity contribution in [2.75, 3.05) is 6.61 Å². The molecule has 1 aromatic carbocycles. The van der Waals surface area contributed by atoms with E-state index in [0.29, 0.717) is 5.56 Å². The first kappa shape index (κ1) is 18.5. The Hall–Kier alpha value is -1.47. The topological polar surface area (TPSA) is 72.5 Å². The molecular formula is C12H15ClF3NO3. The van der Waals surface area contributed by atoms with Crippen LogP contribution in [0.15, 0.2) is 12.1 Å². The second-order valence-corrected chi connectivity index (χ2v) is 4.01. The minimum absolute atomic E-state index is 0. The van der Waals surface area contributed by atoms with Gasteiger partial charge < -0.3 is 15.6 Å². The Morgan fingerprint density at radius 3 is 2.55 bits per heavy atom. The lowest BCUT2D eigenvalue weighted by molar-refractivity contribution is -0.174. The molecule has 3 N–H and O–H groups in total. The molecule has 0 heterocycles. The Morgan fingerprint density at radius 2 is 2.05 bits per heavy atom. The van der Waals surface area contributed by atoms with Crippen LogP contribution < -0.4 is 5.73 Å². The first-order valence-electron chi connectivity index (χ1n) is 5.51. The van der Waals surface area contributed by atoms with Crippen molar-refractivity contribution in [1.82, 2.24) is 0 Å². The quantitative estimate of drug-likeness (QED) is 0.838. The van der Waals surface area contributed by atoms with E-state index in [1.54, 1.807) is 0 Å². The first-order valence-corrected chi connectivity index (χ1v) is 5.51. The normalized spacial score (nSPS) is 12.5. The van der Waals surface area contributed by atoms with Crippen LogP contribution in [0.1, 0.15) is 24.1 Å². The number of carbonyl (C=O) groups excluding carboxylic acids is 1. The Kier molecular flexibility index (Phi) is 6.31. The van der Waals surface area contributed by atoms with E-state index in [4.69, 9.17) is 5.73 Å². The van der Waals surface area contributed by atoms with Crippen LogP contribution in [0.2, 0.25) is 0 Å². The lowest BCUT2D eigenvalue weighted by atomic mass is 9.98. The number of aryl methyl sites for hydroxylation is 1. The molecule has 1 atom stereocenters. The van der Waals surface area contributed by atoms with Crippen molar-refractivity contribution in [3.63, 3.8) is 0 Å². The van der Waals surface area contributed by atoms with Crippen LogP contribution in [0.5, 0.6) is 5.75 Å². The number of esters is 1. The van der Waals surface area contributed by atoms with Crippen molar-refractivity contribution in [1.29, 1.82) is 0 Å². The highest BCUT2D eigenvalue weighted by Gasteiger charge is 2.48. The molecule has 0 spiro atoms. The summed E-state index contributed by atoms with van der Waals surface area (Å²) in [5, 5.41) is 9.43. The van der Waals surface area contributed by atoms with Crippen LogP contribution in [0.25, 0.3) is 0 Å². The van der Waals surface area contributed by atoms with Gasteiger partial charge in [-0.3, -0.25) is 0 Å². The van der Waals surface area contributed by atoms with E-state index in [2.05, 4.69) is 4.74 Å². The van der Waals surface area contributed by atoms with Gasteiger partial charge in [0.05, 0.1) is 6.61 Å². The molecular weight excluding hydrogens is 299 g/mol. The number of alkyl halides is 2. The zero-order valence-corrected chi connectivity index (χ0v) is 11.6. The van der Waals surface area contributed by atoms with Crippen LogP contribution >= 0.6 is 12.4 Å². The molecule has 0 aliphatic rings. The summed E-state index contributed by atoms with van der Waals surface area (Å²) in [4.78, 5) is 11.1. The molecule has 0 saturated heterocycles. The van der Waals surface area contributed by atoms with Gasteiger partial charge in [0, 0.05) is 5.56 Å². The summed E-state index contributed by atoms with van der Waals surface area (Å²) < 4.78 is 44.9. The van der Waals surface area contributed by atoms with Crippen molar-refractivity contribution >= 4 is 18.4 Å². The Morgan fingerprint density at radius 1 is 1.50 bits per heavy atom. The highest BCUT2D eigenvalue weighted by Crippen LogP contribution is 2.36. The predicted octanol–water partition coefficient (Wildman–Crippen LogP) is 2.46. The van der Waals surface area contributed by atoms with Crippen LogP contribution in [-0.4, -0.2) is 23.6 Å². The fourth-order valence-corrected chi connectivity index (χ4v) is 1.55. The third kappa shape index (κ3) is 3.55. The van der Waals surface area contributed by atoms with Gasteiger partial charge in [0.15, 0.2) is 11.6 Å². The number of benzene rings is 1. The number of hydrogen-bond donors (Lipinski definition) is 2. The van der Waals surface area contributed by atoms with Crippen molar-refractivity contribution in [2.24, 2.45) is 5.73 Å². The number of phenols is 1. The van der Waals surface area contributed by atoms with Gasteiger partial charge in [0.25, 0.3) is 0 Å². The van der Waals surface area contributed by atoms with E-state index >= 15 is 0 Å². The number of ether oxygens (including phenoxy) is 1. The Bertz CT molecular complexity index is 497. The summed E-state index contributed by atoms with van der Waals surface area (Å²) >= 11 is 0. The summed E-state index contributed by atoms with van der Waals surface area (Å²) in [6, 6.07) is -0.134. The summed E-state index contributed by atoms with van der Waals surface area (Å²) in [6.45, 7) is 2.57. The predicted molar refractivity (Wildman–Crippen MR) is 68.6 cm³/mol. The average Bonchev–Trinajstić information content (AvgIpc) is 2.33. The fourth-order valence-electron chi connectivity index (χ4n) is 1.55. The standard InChI is InChI=1S/C12H14F3NO3.ClH/c1-3-19-11(18)12(14,15)10(16)7-4-6(2)5-8(13)9(7)17;/h4-5,10,17H,3,16H2,1-2H3;1H/t10-;/m1./s1. The second kappa shape index (κ2) is 6.81. The summed E-state index contributed by atoms with van der Waals surface area (Å²) in [5.74, 6) is -7.95. The van der Waals surface area contributed by atoms with Crippen molar-refractivity contribution < 1.29 is 27.8 Å². The van der Waals surface area contributed by atoms with E-state index in [1.165, 1.54) is 13.8 Å². The zero-order valence-electron chi connectivity index (χ0n) is 10.8. The Balaban J connectivity index is 0.00000361. The minimum atomic E-state index is -4.06. The fraction of sp³-hybridized carbons (Fsp3) is 0.417. The van der Waals surface area contributed by atoms with E-state index in [9.17, 15) is 23.1 Å². The van der Waals surface area contributed by atoms with Crippen molar-refractivity contribution in [3.05, 3.63) is 29.1 Å². The van der Waals surface area contributed by atoms with Crippen molar-refractivity contribution in [2.45, 2.75) is 25.8 Å². The number of phenolic OH excluding ortho intramolecular Hbond substituents is 1. The molecule has 0 aliphatic heterocycles. The van der Waals surface area contributed by atoms with Crippen LogP contribution in [-0.2, 0) is 9.53 Å². The zero-order chi connectivity index (χ0) is 14.8. The first-order chi connectivity index (χ1) is 8.71. The molecule has 0 radical (unpaired) electrons. The molecule has 0 amide bonds. The van der Waals surface area contributed by atoms with Crippen LogP contribution in [0.3, 0.4) is 0 Å². The third-order valence-electron chi connectivity index (χ3n) is 2.51. The van der Waals surface area contributed by atoms with E-state index < -0.39 is 35.1 Å². The maximum atomic E-state index is 13.7. The highest BCUT2D eigenvalue weighted by atomic mass is 35.5. The second-order valence-electron chi connectivity index (χ2n) is 4.01. The molecule has 0 saturated carbocycles. The summed E-state index contributed by atoms with van der Waals surface area (Å²) in [6.07, 6.45) is 0. The molecule has 0 aliphatic carbocycles. The molecule has 1 aromatic rings. The number of halogens is 4. The van der Waals surface area contributed by atoms with E-state index in [0.717, 1.165) is 12.1 Å². The molecule has 114 valence electrons. The van der Waals surface area contributed by atoms with Crippen LogP contribution in [0.4, 0.5) is 13.2 Å². The molecule has 0 aromatic heterocycles. The maximum Gasteiger partial charge on any atom is 0.379 e. The number of hydrogen-bond acceptors (Lipinski definition) is 4. The van der Waals surface area contributed by atoms with Gasteiger partial charge in [-0.25, -0.2) is 9.18 Å². The summed E-state index contributed by atoms with van der Waals surface area (Å²) in [5.41, 5.74) is 5.01. The van der Waals surface area contributed by atoms with Crippen molar-refractivity contribution in [3.8, 4) is 5.75 Å². The number of rotatable bonds is 4. The van der Waals surface area contributed by atoms with Gasteiger partial charge >= 0.3 is 11.9 Å². The molecule has 1 rings (SSSR count). The summed E-state index contributed by atoms with van der Waals surface area (Å²) in [7, 11) is 0. The molecule has 0 fully saturated rings. The minimum Gasteiger partial charge on any atom is -0.505 e. The number of carbonyl (C=O) groups is 1. The van der Waals surface area contributed by atoms with Gasteiger partial charge in [-0.15, -0.1) is 12.4 Å².